The number of aromatic nitrogens is 3. The van der Waals surface area contributed by atoms with Gasteiger partial charge in [0.2, 0.25) is 0 Å². The van der Waals surface area contributed by atoms with Gasteiger partial charge in [0.25, 0.3) is 0 Å². The lowest BCUT2D eigenvalue weighted by atomic mass is 10.2. The number of anilines is 2. The number of fused-ring (bicyclic) bond motifs is 1. The molecular weight excluding hydrogens is 470 g/mol. The minimum Gasteiger partial charge on any atom is -0.444 e. The Hall–Kier alpha value is -2.73. The minimum atomic E-state index is -0.894. The van der Waals surface area contributed by atoms with E-state index in [1.165, 1.54) is 35.2 Å². The first kappa shape index (κ1) is 23.4. The van der Waals surface area contributed by atoms with E-state index in [2.05, 4.69) is 20.3 Å². The van der Waals surface area contributed by atoms with E-state index in [-0.39, 0.29) is 23.5 Å². The lowest BCUT2D eigenvalue weighted by Gasteiger charge is -2.24. The number of thiazole rings is 1. The van der Waals surface area contributed by atoms with E-state index in [0.717, 1.165) is 12.5 Å². The third kappa shape index (κ3) is 5.61. The van der Waals surface area contributed by atoms with Crippen LogP contribution in [0.15, 0.2) is 23.4 Å². The number of carbonyl (C=O) groups excluding carboxylic acids is 1. The number of likely N-dealkylation sites (tertiary alicyclic amines) is 1. The number of benzene rings is 1. The number of nitrogens with one attached hydrogen (secondary N) is 1. The summed E-state index contributed by atoms with van der Waals surface area (Å²) in [4.78, 5) is 27.3. The highest BCUT2D eigenvalue weighted by Crippen LogP contribution is 2.33. The number of nitrogen functional groups attached to an aromatic ring is 1. The van der Waals surface area contributed by atoms with Crippen LogP contribution in [0, 0.1) is 11.6 Å². The summed E-state index contributed by atoms with van der Waals surface area (Å²) in [5, 5.41) is 4.08. The maximum absolute atomic E-state index is 14.0. The molecule has 0 spiro atoms. The Morgan fingerprint density at radius 3 is 2.88 bits per heavy atom. The van der Waals surface area contributed by atoms with Crippen molar-refractivity contribution in [2.24, 2.45) is 0 Å². The van der Waals surface area contributed by atoms with Gasteiger partial charge in [0.05, 0.1) is 0 Å². The first-order chi connectivity index (χ1) is 15.6. The number of nitrogens with zero attached hydrogens (tertiary/aromatic N) is 4. The molecule has 1 fully saturated rings. The van der Waals surface area contributed by atoms with Gasteiger partial charge in [-0.15, -0.1) is 0 Å². The zero-order valence-corrected chi connectivity index (χ0v) is 20.0. The van der Waals surface area contributed by atoms with Crippen LogP contribution in [0.1, 0.15) is 32.8 Å². The van der Waals surface area contributed by atoms with Crippen LogP contribution in [0.4, 0.5) is 24.5 Å². The fourth-order valence-electron chi connectivity index (χ4n) is 3.35. The van der Waals surface area contributed by atoms with Gasteiger partial charge in [-0.2, -0.15) is 0 Å². The van der Waals surface area contributed by atoms with E-state index < -0.39 is 17.2 Å². The summed E-state index contributed by atoms with van der Waals surface area (Å²) >= 11 is 2.43. The second-order valence-corrected chi connectivity index (χ2v) is 10.6. The van der Waals surface area contributed by atoms with Gasteiger partial charge >= 0.3 is 6.09 Å². The molecule has 1 aliphatic heterocycles. The van der Waals surface area contributed by atoms with Crippen LogP contribution in [0.25, 0.3) is 10.3 Å². The van der Waals surface area contributed by atoms with Crippen molar-refractivity contribution in [3.63, 3.8) is 0 Å². The Labute approximate surface area is 197 Å². The summed E-state index contributed by atoms with van der Waals surface area (Å²) in [6.45, 7) is 6.52. The Bertz CT molecular complexity index is 1180. The van der Waals surface area contributed by atoms with Crippen molar-refractivity contribution < 1.29 is 18.3 Å². The van der Waals surface area contributed by atoms with Gasteiger partial charge in [-0.05, 0) is 33.3 Å². The summed E-state index contributed by atoms with van der Waals surface area (Å²) in [6, 6.07) is 4.02. The van der Waals surface area contributed by atoms with E-state index in [1.54, 1.807) is 4.90 Å². The smallest absolute Gasteiger partial charge is 0.410 e. The quantitative estimate of drug-likeness (QED) is 0.390. The second-order valence-electron chi connectivity index (χ2n) is 8.62. The molecule has 12 heteroatoms. The largest absolute Gasteiger partial charge is 0.444 e. The van der Waals surface area contributed by atoms with E-state index in [1.807, 2.05) is 20.8 Å². The number of thioether (sulfide) groups is 1. The van der Waals surface area contributed by atoms with Crippen LogP contribution < -0.4 is 11.1 Å². The zero-order valence-electron chi connectivity index (χ0n) is 18.4. The molecule has 3 aromatic rings. The van der Waals surface area contributed by atoms with Crippen molar-refractivity contribution in [2.45, 2.75) is 49.7 Å². The predicted octanol–water partition coefficient (Wildman–Crippen LogP) is 4.66. The summed E-state index contributed by atoms with van der Waals surface area (Å²) in [5.74, 6) is -1.07. The number of hydrogen-bond donors (Lipinski definition) is 2. The molecule has 2 aromatic heterocycles. The van der Waals surface area contributed by atoms with Gasteiger partial charge in [-0.3, -0.25) is 0 Å². The van der Waals surface area contributed by atoms with Crippen LogP contribution in [-0.2, 0) is 10.5 Å². The zero-order chi connectivity index (χ0) is 23.8. The Morgan fingerprint density at radius 2 is 2.12 bits per heavy atom. The number of rotatable bonds is 5. The molecule has 4 rings (SSSR count). The van der Waals surface area contributed by atoms with E-state index in [0.29, 0.717) is 39.5 Å². The van der Waals surface area contributed by atoms with Crippen LogP contribution in [0.5, 0.6) is 0 Å². The molecule has 1 saturated heterocycles. The van der Waals surface area contributed by atoms with Gasteiger partial charge in [0, 0.05) is 30.4 Å². The number of amides is 1. The van der Waals surface area contributed by atoms with E-state index >= 15 is 0 Å². The first-order valence-electron chi connectivity index (χ1n) is 10.3. The summed E-state index contributed by atoms with van der Waals surface area (Å²) in [5.41, 5.74) is 5.98. The summed E-state index contributed by atoms with van der Waals surface area (Å²) in [7, 11) is 0. The molecule has 0 radical (unpaired) electrons. The van der Waals surface area contributed by atoms with Crippen molar-refractivity contribution >= 4 is 50.5 Å². The molecular formula is C21H24F2N6O2S2. The Kier molecular flexibility index (Phi) is 6.57. The molecule has 1 aliphatic rings. The molecule has 33 heavy (non-hydrogen) atoms. The molecule has 1 aromatic carbocycles. The van der Waals surface area contributed by atoms with Crippen molar-refractivity contribution in [1.29, 1.82) is 0 Å². The van der Waals surface area contributed by atoms with Gasteiger partial charge in [-0.1, -0.05) is 35.2 Å². The van der Waals surface area contributed by atoms with Crippen LogP contribution >= 0.6 is 23.1 Å². The lowest BCUT2D eigenvalue weighted by Crippen LogP contribution is -2.36. The molecule has 176 valence electrons. The fraction of sp³-hybridized carbons (Fsp3) is 0.429. The van der Waals surface area contributed by atoms with Gasteiger partial charge in [0.15, 0.2) is 33.4 Å². The van der Waals surface area contributed by atoms with Crippen molar-refractivity contribution in [2.75, 3.05) is 24.1 Å². The SMILES string of the molecule is CC(C)(C)OC(=O)N1CCC(Nc2nc(SCc3cccc(F)c3F)nc3nc(N)sc23)C1. The number of ether oxygens (including phenoxy) is 1. The van der Waals surface area contributed by atoms with E-state index in [9.17, 15) is 13.6 Å². The molecule has 1 unspecified atom stereocenters. The van der Waals surface area contributed by atoms with Crippen LogP contribution in [0.3, 0.4) is 0 Å². The van der Waals surface area contributed by atoms with E-state index in [4.69, 9.17) is 10.5 Å². The standard InChI is InChI=1S/C21H24F2N6O2S2/c1-21(2,3)31-20(30)29-8-7-12(9-29)25-16-15-17(26-18(24)33-15)28-19(27-16)32-10-11-5-4-6-13(22)14(11)23/h4-6,12H,7-10H2,1-3H3,(H3,24,25,26,27,28). The fourth-order valence-corrected chi connectivity index (χ4v) is 4.89. The third-order valence-electron chi connectivity index (χ3n) is 4.82. The summed E-state index contributed by atoms with van der Waals surface area (Å²) < 4.78 is 33.7. The van der Waals surface area contributed by atoms with Crippen LogP contribution in [-0.4, -0.2) is 50.7 Å². The van der Waals surface area contributed by atoms with Gasteiger partial charge < -0.3 is 20.7 Å². The molecule has 1 amide bonds. The molecule has 8 nitrogen and oxygen atoms in total. The average molecular weight is 495 g/mol. The van der Waals surface area contributed by atoms with Crippen molar-refractivity contribution in [3.8, 4) is 0 Å². The van der Waals surface area contributed by atoms with Gasteiger partial charge in [0.1, 0.15) is 10.3 Å². The molecule has 3 N–H and O–H groups in total. The first-order valence-corrected chi connectivity index (χ1v) is 12.1. The molecule has 0 saturated carbocycles. The Morgan fingerprint density at radius 1 is 1.33 bits per heavy atom. The molecule has 0 bridgehead atoms. The summed E-state index contributed by atoms with van der Waals surface area (Å²) in [6.07, 6.45) is 0.366. The highest BCUT2D eigenvalue weighted by molar-refractivity contribution is 7.98. The van der Waals surface area contributed by atoms with Gasteiger partial charge in [-0.25, -0.2) is 28.5 Å². The minimum absolute atomic E-state index is 0.0440. The second kappa shape index (κ2) is 9.26. The maximum Gasteiger partial charge on any atom is 0.410 e. The molecule has 3 heterocycles. The monoisotopic (exact) mass is 494 g/mol. The highest BCUT2D eigenvalue weighted by atomic mass is 32.2. The topological polar surface area (TPSA) is 106 Å². The average Bonchev–Trinajstić information content (AvgIpc) is 3.34. The van der Waals surface area contributed by atoms with Crippen molar-refractivity contribution in [1.82, 2.24) is 19.9 Å². The number of halogens is 2. The lowest BCUT2D eigenvalue weighted by molar-refractivity contribution is 0.0293. The normalized spacial score (nSPS) is 16.4. The van der Waals surface area contributed by atoms with Crippen LogP contribution in [0.2, 0.25) is 0 Å². The highest BCUT2D eigenvalue weighted by Gasteiger charge is 2.30. The molecule has 1 atom stereocenters. The number of hydrogen-bond acceptors (Lipinski definition) is 9. The van der Waals surface area contributed by atoms with Crippen molar-refractivity contribution in [3.05, 3.63) is 35.4 Å². The predicted molar refractivity (Wildman–Crippen MR) is 125 cm³/mol. The number of carbonyl (C=O) groups is 1. The molecule has 0 aliphatic carbocycles. The Balaban J connectivity index is 1.50. The third-order valence-corrected chi connectivity index (χ3v) is 6.60. The number of nitrogens with two attached hydrogens (primary N) is 1. The maximum atomic E-state index is 14.0.